The molecule has 1 saturated heterocycles. The molecule has 6 heteroatoms. The van der Waals surface area contributed by atoms with Gasteiger partial charge in [-0.1, -0.05) is 5.16 Å². The van der Waals surface area contributed by atoms with Gasteiger partial charge < -0.3 is 19.2 Å². The Kier molecular flexibility index (Phi) is 4.06. The zero-order valence-corrected chi connectivity index (χ0v) is 11.9. The molecule has 0 bridgehead atoms. The molecule has 0 spiro atoms. The highest BCUT2D eigenvalue weighted by atomic mass is 16.6. The van der Waals surface area contributed by atoms with Crippen molar-refractivity contribution in [2.45, 2.75) is 12.5 Å². The van der Waals surface area contributed by atoms with Gasteiger partial charge in [-0.15, -0.1) is 0 Å². The van der Waals surface area contributed by atoms with E-state index in [9.17, 15) is 4.79 Å². The topological polar surface area (TPSA) is 60.4 Å². The maximum Gasteiger partial charge on any atom is 0.267 e. The zero-order valence-electron chi connectivity index (χ0n) is 11.9. The Bertz CT molecular complexity index is 535. The fraction of sp³-hybridized carbons (Fsp3) is 0.467. The molecular formula is C15H18N2O4. The van der Waals surface area contributed by atoms with Crippen LogP contribution in [0.25, 0.3) is 0 Å². The maximum absolute atomic E-state index is 12.3. The molecule has 0 saturated carbocycles. The molecule has 2 aliphatic rings. The molecular weight excluding hydrogens is 272 g/mol. The summed E-state index contributed by atoms with van der Waals surface area (Å²) < 4.78 is 10.4. The van der Waals surface area contributed by atoms with E-state index >= 15 is 0 Å². The third-order valence-corrected chi connectivity index (χ3v) is 3.69. The van der Waals surface area contributed by atoms with Crippen molar-refractivity contribution in [2.75, 3.05) is 33.4 Å². The van der Waals surface area contributed by atoms with E-state index in [1.165, 1.54) is 0 Å². The number of carbonyl (C=O) groups excluding carboxylic acids is 1. The van der Waals surface area contributed by atoms with Crippen molar-refractivity contribution in [3.05, 3.63) is 29.8 Å². The Labute approximate surface area is 123 Å². The molecule has 1 atom stereocenters. The second kappa shape index (κ2) is 6.13. The van der Waals surface area contributed by atoms with Crippen LogP contribution < -0.4 is 4.74 Å². The van der Waals surface area contributed by atoms with Gasteiger partial charge >= 0.3 is 0 Å². The lowest BCUT2D eigenvalue weighted by Gasteiger charge is -2.28. The van der Waals surface area contributed by atoms with Crippen molar-refractivity contribution in [1.82, 2.24) is 4.90 Å². The van der Waals surface area contributed by atoms with Crippen molar-refractivity contribution >= 4 is 11.6 Å². The standard InChI is InChI=1S/C15H18N2O4/c1-19-12-4-2-11(3-5-12)13-10-14(21-16-13)15(18)17-6-8-20-9-7-17/h2-5,14H,6-10H2,1H3. The van der Waals surface area contributed by atoms with Crippen LogP contribution in [-0.4, -0.2) is 56.0 Å². The van der Waals surface area contributed by atoms with Gasteiger partial charge in [0.05, 0.1) is 26.0 Å². The molecule has 6 nitrogen and oxygen atoms in total. The van der Waals surface area contributed by atoms with Crippen molar-refractivity contribution in [3.8, 4) is 5.75 Å². The van der Waals surface area contributed by atoms with Gasteiger partial charge in [0.1, 0.15) is 5.75 Å². The molecule has 2 heterocycles. The Morgan fingerprint density at radius 1 is 1.29 bits per heavy atom. The quantitative estimate of drug-likeness (QED) is 0.835. The van der Waals surface area contributed by atoms with Gasteiger partial charge in [-0.05, 0) is 29.8 Å². The zero-order chi connectivity index (χ0) is 14.7. The van der Waals surface area contributed by atoms with Crippen LogP contribution in [0.5, 0.6) is 5.75 Å². The highest BCUT2D eigenvalue weighted by molar-refractivity contribution is 6.04. The number of rotatable bonds is 3. The summed E-state index contributed by atoms with van der Waals surface area (Å²) in [6.07, 6.45) is -0.0112. The largest absolute Gasteiger partial charge is 0.497 e. The first-order chi connectivity index (χ1) is 10.3. The number of hydrogen-bond donors (Lipinski definition) is 0. The van der Waals surface area contributed by atoms with E-state index in [0.29, 0.717) is 32.7 Å². The molecule has 112 valence electrons. The first-order valence-electron chi connectivity index (χ1n) is 7.01. The minimum absolute atomic E-state index is 0.00874. The number of benzene rings is 1. The molecule has 0 radical (unpaired) electrons. The molecule has 21 heavy (non-hydrogen) atoms. The lowest BCUT2D eigenvalue weighted by molar-refractivity contribution is -0.146. The minimum Gasteiger partial charge on any atom is -0.497 e. The van der Waals surface area contributed by atoms with Gasteiger partial charge in [-0.2, -0.15) is 0 Å². The second-order valence-electron chi connectivity index (χ2n) is 5.00. The third kappa shape index (κ3) is 3.00. The fourth-order valence-corrected chi connectivity index (χ4v) is 2.45. The number of ether oxygens (including phenoxy) is 2. The van der Waals surface area contributed by atoms with Crippen LogP contribution >= 0.6 is 0 Å². The molecule has 1 unspecified atom stereocenters. The monoisotopic (exact) mass is 290 g/mol. The van der Waals surface area contributed by atoms with Crippen LogP contribution in [0.2, 0.25) is 0 Å². The van der Waals surface area contributed by atoms with Gasteiger partial charge in [0.2, 0.25) is 6.10 Å². The number of nitrogens with zero attached hydrogens (tertiary/aromatic N) is 2. The summed E-state index contributed by atoms with van der Waals surface area (Å²) in [5.41, 5.74) is 1.75. The SMILES string of the molecule is COc1ccc(C2=NOC(C(=O)N3CCOCC3)C2)cc1. The summed E-state index contributed by atoms with van der Waals surface area (Å²) >= 11 is 0. The van der Waals surface area contributed by atoms with Gasteiger partial charge in [0, 0.05) is 19.5 Å². The molecule has 3 rings (SSSR count). The van der Waals surface area contributed by atoms with Crippen LogP contribution in [0.1, 0.15) is 12.0 Å². The van der Waals surface area contributed by atoms with E-state index < -0.39 is 6.10 Å². The lowest BCUT2D eigenvalue weighted by atomic mass is 10.0. The number of carbonyl (C=O) groups is 1. The highest BCUT2D eigenvalue weighted by Gasteiger charge is 2.32. The molecule has 1 amide bonds. The van der Waals surface area contributed by atoms with E-state index in [2.05, 4.69) is 5.16 Å². The second-order valence-corrected chi connectivity index (χ2v) is 5.00. The van der Waals surface area contributed by atoms with Gasteiger partial charge in [0.15, 0.2) is 0 Å². The van der Waals surface area contributed by atoms with Gasteiger partial charge in [-0.3, -0.25) is 4.79 Å². The smallest absolute Gasteiger partial charge is 0.267 e. The first kappa shape index (κ1) is 13.9. The number of morpholine rings is 1. The van der Waals surface area contributed by atoms with Crippen LogP contribution in [0.4, 0.5) is 0 Å². The minimum atomic E-state index is -0.514. The summed E-state index contributed by atoms with van der Waals surface area (Å²) in [5, 5.41) is 4.06. The number of oxime groups is 1. The maximum atomic E-state index is 12.3. The Morgan fingerprint density at radius 3 is 2.67 bits per heavy atom. The van der Waals surface area contributed by atoms with Gasteiger partial charge in [0.25, 0.3) is 5.91 Å². The van der Waals surface area contributed by atoms with Crippen molar-refractivity contribution in [3.63, 3.8) is 0 Å². The lowest BCUT2D eigenvalue weighted by Crippen LogP contribution is -2.45. The van der Waals surface area contributed by atoms with Crippen LogP contribution in [-0.2, 0) is 14.4 Å². The van der Waals surface area contributed by atoms with E-state index in [1.807, 2.05) is 24.3 Å². The average Bonchev–Trinajstić information content (AvgIpc) is 3.05. The van der Waals surface area contributed by atoms with Crippen molar-refractivity contribution < 1.29 is 19.1 Å². The highest BCUT2D eigenvalue weighted by Crippen LogP contribution is 2.20. The van der Waals surface area contributed by atoms with Gasteiger partial charge in [-0.25, -0.2) is 0 Å². The predicted molar refractivity (Wildman–Crippen MR) is 76.4 cm³/mol. The number of hydrogen-bond acceptors (Lipinski definition) is 5. The van der Waals surface area contributed by atoms with Crippen molar-refractivity contribution in [2.24, 2.45) is 5.16 Å². The third-order valence-electron chi connectivity index (χ3n) is 3.69. The molecule has 0 aliphatic carbocycles. The predicted octanol–water partition coefficient (Wildman–Crippen LogP) is 1.05. The number of methoxy groups -OCH3 is 1. The summed E-state index contributed by atoms with van der Waals surface area (Å²) in [5.74, 6) is 0.782. The van der Waals surface area contributed by atoms with Crippen LogP contribution in [0.3, 0.4) is 0 Å². The molecule has 1 aromatic rings. The van der Waals surface area contributed by atoms with Crippen LogP contribution in [0.15, 0.2) is 29.4 Å². The molecule has 0 N–H and O–H groups in total. The number of amides is 1. The summed E-state index contributed by atoms with van der Waals surface area (Å²) in [6.45, 7) is 2.42. The molecule has 2 aliphatic heterocycles. The summed E-state index contributed by atoms with van der Waals surface area (Å²) in [6, 6.07) is 7.58. The first-order valence-corrected chi connectivity index (χ1v) is 7.01. The van der Waals surface area contributed by atoms with E-state index in [1.54, 1.807) is 12.0 Å². The van der Waals surface area contributed by atoms with E-state index in [-0.39, 0.29) is 5.91 Å². The van der Waals surface area contributed by atoms with E-state index in [4.69, 9.17) is 14.3 Å². The molecule has 1 fully saturated rings. The summed E-state index contributed by atoms with van der Waals surface area (Å²) in [4.78, 5) is 19.4. The summed E-state index contributed by atoms with van der Waals surface area (Å²) in [7, 11) is 1.63. The molecule has 1 aromatic carbocycles. The Balaban J connectivity index is 1.62. The van der Waals surface area contributed by atoms with Crippen LogP contribution in [0, 0.1) is 0 Å². The van der Waals surface area contributed by atoms with Crippen molar-refractivity contribution in [1.29, 1.82) is 0 Å². The molecule has 0 aromatic heterocycles. The van der Waals surface area contributed by atoms with E-state index in [0.717, 1.165) is 17.0 Å². The Hall–Kier alpha value is -2.08. The Morgan fingerprint density at radius 2 is 2.00 bits per heavy atom. The average molecular weight is 290 g/mol. The fourth-order valence-electron chi connectivity index (χ4n) is 2.45. The normalized spacial score (nSPS) is 21.7.